The van der Waals surface area contributed by atoms with Crippen LogP contribution in [0.15, 0.2) is 30.3 Å². The van der Waals surface area contributed by atoms with Crippen LogP contribution in [-0.2, 0) is 0 Å². The highest BCUT2D eigenvalue weighted by Gasteiger charge is 2.27. The van der Waals surface area contributed by atoms with Crippen LogP contribution in [0.3, 0.4) is 0 Å². The molecule has 1 aromatic carbocycles. The van der Waals surface area contributed by atoms with Crippen molar-refractivity contribution in [2.24, 2.45) is 5.73 Å². The van der Waals surface area contributed by atoms with E-state index < -0.39 is 26.4 Å². The van der Waals surface area contributed by atoms with Gasteiger partial charge < -0.3 is 15.8 Å². The Balaban J connectivity index is 2.30. The summed E-state index contributed by atoms with van der Waals surface area (Å²) in [5.74, 6) is -0.420. The van der Waals surface area contributed by atoms with Crippen LogP contribution in [0.1, 0.15) is 10.4 Å². The second-order valence-electron chi connectivity index (χ2n) is 4.40. The van der Waals surface area contributed by atoms with E-state index in [4.69, 9.17) is 10.5 Å². The quantitative estimate of drug-likeness (QED) is 0.572. The molecule has 0 bridgehead atoms. The zero-order chi connectivity index (χ0) is 17.7. The molecule has 0 spiro atoms. The number of ether oxygens (including phenoxy) is 1. The summed E-state index contributed by atoms with van der Waals surface area (Å²) in [7, 11) is 0. The normalized spacial score (nSPS) is 10.2. The van der Waals surface area contributed by atoms with Crippen molar-refractivity contribution in [1.29, 1.82) is 0 Å². The van der Waals surface area contributed by atoms with Gasteiger partial charge in [-0.15, -0.1) is 0 Å². The molecule has 0 unspecified atom stereocenters. The van der Waals surface area contributed by atoms with E-state index in [0.717, 1.165) is 6.07 Å². The third-order valence-electron chi connectivity index (χ3n) is 2.81. The maximum atomic E-state index is 12.3. The van der Waals surface area contributed by atoms with Crippen molar-refractivity contribution < 1.29 is 19.4 Å². The number of amides is 1. The second kappa shape index (κ2) is 7.48. The van der Waals surface area contributed by atoms with Gasteiger partial charge in [-0.25, -0.2) is 0 Å². The van der Waals surface area contributed by atoms with Gasteiger partial charge in [-0.2, -0.15) is 0 Å². The van der Waals surface area contributed by atoms with Crippen molar-refractivity contribution in [2.45, 2.75) is 0 Å². The zero-order valence-electron chi connectivity index (χ0n) is 12.1. The fraction of sp³-hybridized carbons (Fsp3) is 0.154. The Bertz CT molecular complexity index is 791. The molecule has 11 heteroatoms. The van der Waals surface area contributed by atoms with Crippen LogP contribution >= 0.6 is 11.3 Å². The predicted octanol–water partition coefficient (Wildman–Crippen LogP) is 2.15. The summed E-state index contributed by atoms with van der Waals surface area (Å²) < 4.78 is 5.34. The lowest BCUT2D eigenvalue weighted by Crippen LogP contribution is -2.16. The van der Waals surface area contributed by atoms with Crippen LogP contribution in [0.5, 0.6) is 5.75 Å². The molecule has 0 aliphatic carbocycles. The number of carbonyl (C=O) groups is 1. The van der Waals surface area contributed by atoms with Crippen LogP contribution in [-0.4, -0.2) is 28.9 Å². The van der Waals surface area contributed by atoms with Crippen LogP contribution in [0.4, 0.5) is 15.7 Å². The minimum Gasteiger partial charge on any atom is -0.491 e. The van der Waals surface area contributed by atoms with Gasteiger partial charge in [-0.1, -0.05) is 12.1 Å². The Labute approximate surface area is 139 Å². The summed E-state index contributed by atoms with van der Waals surface area (Å²) in [5.41, 5.74) is 4.94. The summed E-state index contributed by atoms with van der Waals surface area (Å²) in [4.78, 5) is 32.5. The minimum absolute atomic E-state index is 0.135. The molecule has 24 heavy (non-hydrogen) atoms. The molecule has 126 valence electrons. The van der Waals surface area contributed by atoms with E-state index in [1.165, 1.54) is 6.07 Å². The van der Waals surface area contributed by atoms with Crippen LogP contribution < -0.4 is 15.8 Å². The Kier molecular flexibility index (Phi) is 5.39. The van der Waals surface area contributed by atoms with Gasteiger partial charge in [0, 0.05) is 6.54 Å². The molecule has 0 radical (unpaired) electrons. The van der Waals surface area contributed by atoms with Crippen molar-refractivity contribution in [3.8, 4) is 5.75 Å². The highest BCUT2D eigenvalue weighted by molar-refractivity contribution is 7.20. The minimum atomic E-state index is -0.796. The average Bonchev–Trinajstić information content (AvgIpc) is 2.97. The first-order valence-corrected chi connectivity index (χ1v) is 7.41. The number of benzene rings is 1. The van der Waals surface area contributed by atoms with Gasteiger partial charge in [0.2, 0.25) is 0 Å². The zero-order valence-corrected chi connectivity index (χ0v) is 12.9. The van der Waals surface area contributed by atoms with Crippen LogP contribution in [0.2, 0.25) is 0 Å². The SMILES string of the molecule is NCCOc1ccccc1C(=O)Nc1sc([N+](=O)[O-])cc1[N+](=O)[O-]. The number of hydrogen-bond acceptors (Lipinski definition) is 8. The van der Waals surface area contributed by atoms with Gasteiger partial charge in [-0.3, -0.25) is 25.0 Å². The van der Waals surface area contributed by atoms with Gasteiger partial charge in [0.25, 0.3) is 5.91 Å². The summed E-state index contributed by atoms with van der Waals surface area (Å²) in [6, 6.07) is 7.07. The van der Waals surface area contributed by atoms with Gasteiger partial charge in [0.1, 0.15) is 18.4 Å². The van der Waals surface area contributed by atoms with Crippen molar-refractivity contribution in [3.05, 3.63) is 56.1 Å². The summed E-state index contributed by atoms with van der Waals surface area (Å²) in [6.07, 6.45) is 0. The number of nitro groups is 2. The molecule has 0 atom stereocenters. The van der Waals surface area contributed by atoms with Gasteiger partial charge in [0.05, 0.1) is 15.4 Å². The van der Waals surface area contributed by atoms with E-state index in [1.54, 1.807) is 18.2 Å². The first-order chi connectivity index (χ1) is 11.4. The third-order valence-corrected chi connectivity index (χ3v) is 3.80. The monoisotopic (exact) mass is 352 g/mol. The van der Waals surface area contributed by atoms with E-state index in [2.05, 4.69) is 5.32 Å². The number of rotatable bonds is 7. The predicted molar refractivity (Wildman–Crippen MR) is 86.6 cm³/mol. The number of hydrogen-bond donors (Lipinski definition) is 2. The van der Waals surface area contributed by atoms with Gasteiger partial charge in [-0.05, 0) is 23.5 Å². The van der Waals surface area contributed by atoms with Crippen LogP contribution in [0, 0.1) is 20.2 Å². The molecule has 2 rings (SSSR count). The largest absolute Gasteiger partial charge is 0.491 e. The molecule has 1 aromatic heterocycles. The lowest BCUT2D eigenvalue weighted by atomic mass is 10.2. The number of carbonyl (C=O) groups excluding carboxylic acids is 1. The number of para-hydroxylation sites is 1. The summed E-state index contributed by atoms with van der Waals surface area (Å²) >= 11 is 0.509. The molecule has 1 heterocycles. The molecule has 0 aliphatic rings. The van der Waals surface area contributed by atoms with E-state index >= 15 is 0 Å². The van der Waals surface area contributed by atoms with E-state index in [0.29, 0.717) is 11.3 Å². The fourth-order valence-corrected chi connectivity index (χ4v) is 2.64. The number of anilines is 1. The van der Waals surface area contributed by atoms with Crippen molar-refractivity contribution in [1.82, 2.24) is 0 Å². The van der Waals surface area contributed by atoms with Gasteiger partial charge in [0.15, 0.2) is 5.00 Å². The number of nitrogens with one attached hydrogen (secondary N) is 1. The molecular weight excluding hydrogens is 340 g/mol. The molecule has 0 aliphatic heterocycles. The molecular formula is C13H12N4O6S. The third kappa shape index (κ3) is 3.83. The number of thiophene rings is 1. The maximum Gasteiger partial charge on any atom is 0.333 e. The maximum absolute atomic E-state index is 12.3. The topological polar surface area (TPSA) is 151 Å². The van der Waals surface area contributed by atoms with Gasteiger partial charge >= 0.3 is 10.7 Å². The Morgan fingerprint density at radius 3 is 2.58 bits per heavy atom. The number of nitrogens with two attached hydrogens (primary N) is 1. The molecule has 1 amide bonds. The highest BCUT2D eigenvalue weighted by atomic mass is 32.1. The molecule has 10 nitrogen and oxygen atoms in total. The van der Waals surface area contributed by atoms with Crippen LogP contribution in [0.25, 0.3) is 0 Å². The highest BCUT2D eigenvalue weighted by Crippen LogP contribution is 2.39. The Morgan fingerprint density at radius 2 is 1.96 bits per heavy atom. The lowest BCUT2D eigenvalue weighted by molar-refractivity contribution is -0.389. The Morgan fingerprint density at radius 1 is 1.25 bits per heavy atom. The Hall–Kier alpha value is -3.05. The summed E-state index contributed by atoms with van der Waals surface area (Å²) in [5, 5.41) is 23.4. The molecule has 0 fully saturated rings. The molecule has 0 saturated heterocycles. The van der Waals surface area contributed by atoms with Crippen molar-refractivity contribution in [3.63, 3.8) is 0 Å². The first kappa shape index (κ1) is 17.3. The smallest absolute Gasteiger partial charge is 0.333 e. The van der Waals surface area contributed by atoms with Crippen molar-refractivity contribution >= 4 is 32.9 Å². The lowest BCUT2D eigenvalue weighted by Gasteiger charge is -2.10. The van der Waals surface area contributed by atoms with E-state index in [-0.39, 0.29) is 29.5 Å². The number of nitrogens with zero attached hydrogens (tertiary/aromatic N) is 2. The average molecular weight is 352 g/mol. The fourth-order valence-electron chi connectivity index (χ4n) is 1.80. The molecule has 2 aromatic rings. The second-order valence-corrected chi connectivity index (χ2v) is 5.43. The van der Waals surface area contributed by atoms with Crippen molar-refractivity contribution in [2.75, 3.05) is 18.5 Å². The standard InChI is InChI=1S/C13H12N4O6S/c14-5-6-23-10-4-2-1-3-8(10)12(18)15-13-9(16(19)20)7-11(24-13)17(21)22/h1-4,7H,5-6,14H2,(H,15,18). The first-order valence-electron chi connectivity index (χ1n) is 6.60. The molecule has 3 N–H and O–H groups in total. The molecule has 0 saturated carbocycles. The van der Waals surface area contributed by atoms with E-state index in [1.807, 2.05) is 0 Å². The summed E-state index contributed by atoms with van der Waals surface area (Å²) in [6.45, 7) is 0.438. The van der Waals surface area contributed by atoms with E-state index in [9.17, 15) is 25.0 Å².